The molecule has 0 aliphatic rings. The second-order valence-corrected chi connectivity index (χ2v) is 6.26. The maximum Gasteiger partial charge on any atom is 0.319 e. The van der Waals surface area contributed by atoms with Gasteiger partial charge in [0.05, 0.1) is 11.5 Å². The Morgan fingerprint density at radius 2 is 2.17 bits per heavy atom. The van der Waals surface area contributed by atoms with Crippen molar-refractivity contribution in [2.24, 2.45) is 0 Å². The number of hydrogen-bond donors (Lipinski definition) is 3. The summed E-state index contributed by atoms with van der Waals surface area (Å²) in [6, 6.07) is 7.46. The molecule has 2 amide bonds. The lowest BCUT2D eigenvalue weighted by Crippen LogP contribution is -2.40. The van der Waals surface area contributed by atoms with Gasteiger partial charge in [0.15, 0.2) is 0 Å². The number of amides is 2. The number of anilines is 1. The summed E-state index contributed by atoms with van der Waals surface area (Å²) < 4.78 is 0. The molecule has 0 saturated carbocycles. The molecule has 2 rings (SSSR count). The Bertz CT molecular complexity index is 714. The predicted molar refractivity (Wildman–Crippen MR) is 88.7 cm³/mol. The van der Waals surface area contributed by atoms with E-state index < -0.39 is 16.6 Å². The molecular formula is C15H17N3O4S. The van der Waals surface area contributed by atoms with Gasteiger partial charge in [0, 0.05) is 22.2 Å². The molecule has 0 fully saturated rings. The van der Waals surface area contributed by atoms with Crippen LogP contribution >= 0.6 is 11.3 Å². The number of benzene rings is 1. The van der Waals surface area contributed by atoms with E-state index in [0.717, 1.165) is 4.88 Å². The summed E-state index contributed by atoms with van der Waals surface area (Å²) in [5.74, 6) is 0. The van der Waals surface area contributed by atoms with Gasteiger partial charge in [-0.15, -0.1) is 11.3 Å². The third-order valence-corrected chi connectivity index (χ3v) is 4.42. The molecule has 0 radical (unpaired) electrons. The molecule has 8 heteroatoms. The minimum atomic E-state index is -1.16. The summed E-state index contributed by atoms with van der Waals surface area (Å²) in [5, 5.41) is 28.1. The van der Waals surface area contributed by atoms with Crippen LogP contribution in [0.3, 0.4) is 0 Å². The average molecular weight is 335 g/mol. The molecular weight excluding hydrogens is 318 g/mol. The lowest BCUT2D eigenvalue weighted by atomic mass is 10.1. The summed E-state index contributed by atoms with van der Waals surface area (Å²) in [5.41, 5.74) is -0.256. The molecule has 1 heterocycles. The number of aryl methyl sites for hydroxylation is 1. The Labute approximate surface area is 137 Å². The van der Waals surface area contributed by atoms with Gasteiger partial charge in [0.2, 0.25) is 0 Å². The van der Waals surface area contributed by atoms with Crippen LogP contribution in [0.2, 0.25) is 0 Å². The molecule has 1 aromatic heterocycles. The molecule has 7 nitrogen and oxygen atoms in total. The number of carbonyl (C=O) groups excluding carboxylic acids is 1. The Hall–Kier alpha value is -2.45. The first-order chi connectivity index (χ1) is 10.8. The van der Waals surface area contributed by atoms with Gasteiger partial charge in [-0.3, -0.25) is 10.1 Å². The standard InChI is InChI=1S/C15H17N3O4S/c1-10-8-11(5-6-12(10)18(21)22)17-14(19)16-9-15(2,20)13-4-3-7-23-13/h3-8,20H,9H2,1-2H3,(H2,16,17,19)/t15-/m1/s1. The zero-order valence-corrected chi connectivity index (χ0v) is 13.5. The van der Waals surface area contributed by atoms with Crippen LogP contribution in [-0.4, -0.2) is 22.6 Å². The lowest BCUT2D eigenvalue weighted by Gasteiger charge is -2.22. The van der Waals surface area contributed by atoms with Gasteiger partial charge in [0.25, 0.3) is 5.69 Å². The molecule has 0 aliphatic carbocycles. The molecule has 0 spiro atoms. The third-order valence-electron chi connectivity index (χ3n) is 3.30. The van der Waals surface area contributed by atoms with E-state index in [1.807, 2.05) is 11.4 Å². The fourth-order valence-corrected chi connectivity index (χ4v) is 2.82. The van der Waals surface area contributed by atoms with Crippen molar-refractivity contribution in [2.45, 2.75) is 19.4 Å². The molecule has 0 bridgehead atoms. The maximum atomic E-state index is 11.9. The van der Waals surface area contributed by atoms with Crippen LogP contribution < -0.4 is 10.6 Å². The highest BCUT2D eigenvalue weighted by molar-refractivity contribution is 7.10. The van der Waals surface area contributed by atoms with Gasteiger partial charge >= 0.3 is 6.03 Å². The van der Waals surface area contributed by atoms with E-state index in [1.165, 1.54) is 29.5 Å². The normalized spacial score (nSPS) is 13.2. The molecule has 0 aliphatic heterocycles. The van der Waals surface area contributed by atoms with Crippen molar-refractivity contribution in [2.75, 3.05) is 11.9 Å². The minimum absolute atomic E-state index is 0.00316. The Morgan fingerprint density at radius 3 is 2.74 bits per heavy atom. The first-order valence-corrected chi connectivity index (χ1v) is 7.74. The zero-order valence-electron chi connectivity index (χ0n) is 12.7. The number of nitrogens with zero attached hydrogens (tertiary/aromatic N) is 1. The van der Waals surface area contributed by atoms with Crippen molar-refractivity contribution in [1.82, 2.24) is 5.32 Å². The monoisotopic (exact) mass is 335 g/mol. The van der Waals surface area contributed by atoms with E-state index in [0.29, 0.717) is 11.3 Å². The molecule has 2 aromatic rings. The van der Waals surface area contributed by atoms with Gasteiger partial charge in [0.1, 0.15) is 5.60 Å². The van der Waals surface area contributed by atoms with Crippen molar-refractivity contribution in [3.05, 3.63) is 56.3 Å². The first-order valence-electron chi connectivity index (χ1n) is 6.86. The van der Waals surface area contributed by atoms with Crippen molar-refractivity contribution in [1.29, 1.82) is 0 Å². The number of hydrogen-bond acceptors (Lipinski definition) is 5. The third kappa shape index (κ3) is 4.27. The molecule has 23 heavy (non-hydrogen) atoms. The largest absolute Gasteiger partial charge is 0.383 e. The Morgan fingerprint density at radius 1 is 1.43 bits per heavy atom. The highest BCUT2D eigenvalue weighted by Gasteiger charge is 2.24. The average Bonchev–Trinajstić information content (AvgIpc) is 3.00. The van der Waals surface area contributed by atoms with Crippen molar-refractivity contribution >= 4 is 28.7 Å². The van der Waals surface area contributed by atoms with Crippen molar-refractivity contribution in [3.8, 4) is 0 Å². The number of nitrogens with one attached hydrogen (secondary N) is 2. The molecule has 3 N–H and O–H groups in total. The second kappa shape index (κ2) is 6.76. The Balaban J connectivity index is 1.95. The summed E-state index contributed by atoms with van der Waals surface area (Å²) in [4.78, 5) is 22.9. The highest BCUT2D eigenvalue weighted by Crippen LogP contribution is 2.24. The number of nitro benzene ring substituents is 1. The molecule has 1 atom stereocenters. The molecule has 0 saturated heterocycles. The number of rotatable bonds is 5. The van der Waals surface area contributed by atoms with Crippen LogP contribution in [0.15, 0.2) is 35.7 Å². The lowest BCUT2D eigenvalue weighted by molar-refractivity contribution is -0.385. The quantitative estimate of drug-likeness (QED) is 0.577. The van der Waals surface area contributed by atoms with E-state index in [-0.39, 0.29) is 12.2 Å². The number of urea groups is 1. The van der Waals surface area contributed by atoms with Crippen LogP contribution in [0.5, 0.6) is 0 Å². The number of nitro groups is 1. The van der Waals surface area contributed by atoms with E-state index in [1.54, 1.807) is 19.9 Å². The van der Waals surface area contributed by atoms with Crippen molar-refractivity contribution in [3.63, 3.8) is 0 Å². The van der Waals surface area contributed by atoms with Gasteiger partial charge < -0.3 is 15.7 Å². The summed E-state index contributed by atoms with van der Waals surface area (Å²) in [6.45, 7) is 3.27. The molecule has 1 aromatic carbocycles. The maximum absolute atomic E-state index is 11.9. The topological polar surface area (TPSA) is 104 Å². The minimum Gasteiger partial charge on any atom is -0.383 e. The fraction of sp³-hybridized carbons (Fsp3) is 0.267. The summed E-state index contributed by atoms with van der Waals surface area (Å²) in [6.07, 6.45) is 0. The first kappa shape index (κ1) is 16.9. The van der Waals surface area contributed by atoms with Crippen LogP contribution in [0, 0.1) is 17.0 Å². The number of aliphatic hydroxyl groups is 1. The SMILES string of the molecule is Cc1cc(NC(=O)NC[C@@](C)(O)c2cccs2)ccc1[N+](=O)[O-]. The Kier molecular flexibility index (Phi) is 4.97. The predicted octanol–water partition coefficient (Wildman–Crippen LogP) is 2.99. The molecule has 0 unspecified atom stereocenters. The zero-order chi connectivity index (χ0) is 17.0. The summed E-state index contributed by atoms with van der Waals surface area (Å²) in [7, 11) is 0. The van der Waals surface area contributed by atoms with Gasteiger partial charge in [-0.2, -0.15) is 0 Å². The van der Waals surface area contributed by atoms with Gasteiger partial charge in [-0.1, -0.05) is 6.07 Å². The number of carbonyl (C=O) groups is 1. The van der Waals surface area contributed by atoms with Crippen LogP contribution in [0.25, 0.3) is 0 Å². The smallest absolute Gasteiger partial charge is 0.319 e. The van der Waals surface area contributed by atoms with Gasteiger partial charge in [-0.25, -0.2) is 4.79 Å². The van der Waals surface area contributed by atoms with E-state index in [2.05, 4.69) is 10.6 Å². The summed E-state index contributed by atoms with van der Waals surface area (Å²) >= 11 is 1.41. The van der Waals surface area contributed by atoms with E-state index in [9.17, 15) is 20.0 Å². The number of thiophene rings is 1. The van der Waals surface area contributed by atoms with Crippen molar-refractivity contribution < 1.29 is 14.8 Å². The van der Waals surface area contributed by atoms with E-state index >= 15 is 0 Å². The van der Waals surface area contributed by atoms with Crippen LogP contribution in [0.1, 0.15) is 17.4 Å². The highest BCUT2D eigenvalue weighted by atomic mass is 32.1. The van der Waals surface area contributed by atoms with E-state index in [4.69, 9.17) is 0 Å². The van der Waals surface area contributed by atoms with Gasteiger partial charge in [-0.05, 0) is 37.4 Å². The van der Waals surface area contributed by atoms with Crippen LogP contribution in [0.4, 0.5) is 16.2 Å². The molecule has 122 valence electrons. The second-order valence-electron chi connectivity index (χ2n) is 5.32. The fourth-order valence-electron chi connectivity index (χ4n) is 2.04. The van der Waals surface area contributed by atoms with Crippen LogP contribution in [-0.2, 0) is 5.60 Å².